The standard InChI is InChI=1S/C12H12ClFO3/c1-3-17-12(16)7(2)11(15)9-5-4-8(14)6-10(9)13/h4-6,11,15H,2-3H2,1H3. The predicted octanol–water partition coefficient (Wildman–Crippen LogP) is 2.63. The Morgan fingerprint density at radius 3 is 2.82 bits per heavy atom. The molecule has 1 aromatic carbocycles. The predicted molar refractivity (Wildman–Crippen MR) is 62.1 cm³/mol. The number of aliphatic hydroxyl groups excluding tert-OH is 1. The first-order valence-electron chi connectivity index (χ1n) is 4.96. The van der Waals surface area contributed by atoms with E-state index in [0.717, 1.165) is 12.1 Å². The molecule has 0 aliphatic carbocycles. The number of ether oxygens (including phenoxy) is 1. The SMILES string of the molecule is C=C(C(=O)OCC)C(O)c1ccc(F)cc1Cl. The van der Waals surface area contributed by atoms with Gasteiger partial charge in [0.05, 0.1) is 12.2 Å². The lowest BCUT2D eigenvalue weighted by Crippen LogP contribution is -2.14. The molecule has 0 amide bonds. The number of carbonyl (C=O) groups excluding carboxylic acids is 1. The second-order valence-electron chi connectivity index (χ2n) is 3.31. The average molecular weight is 259 g/mol. The first-order valence-corrected chi connectivity index (χ1v) is 5.34. The van der Waals surface area contributed by atoms with Crippen LogP contribution < -0.4 is 0 Å². The van der Waals surface area contributed by atoms with Gasteiger partial charge in [0, 0.05) is 10.6 Å². The van der Waals surface area contributed by atoms with Crippen LogP contribution in [-0.4, -0.2) is 17.7 Å². The van der Waals surface area contributed by atoms with E-state index in [1.54, 1.807) is 6.92 Å². The van der Waals surface area contributed by atoms with Crippen molar-refractivity contribution in [2.24, 2.45) is 0 Å². The Balaban J connectivity index is 2.92. The zero-order chi connectivity index (χ0) is 13.0. The Hall–Kier alpha value is -1.39. The van der Waals surface area contributed by atoms with Crippen LogP contribution in [0.4, 0.5) is 4.39 Å². The fourth-order valence-electron chi connectivity index (χ4n) is 1.25. The van der Waals surface area contributed by atoms with Gasteiger partial charge in [0.15, 0.2) is 0 Å². The number of carbonyl (C=O) groups is 1. The van der Waals surface area contributed by atoms with Gasteiger partial charge in [-0.15, -0.1) is 0 Å². The quantitative estimate of drug-likeness (QED) is 0.667. The summed E-state index contributed by atoms with van der Waals surface area (Å²) in [7, 11) is 0. The van der Waals surface area contributed by atoms with Crippen LogP contribution in [0.5, 0.6) is 0 Å². The maximum absolute atomic E-state index is 12.8. The molecule has 1 aromatic rings. The number of rotatable bonds is 4. The molecule has 0 radical (unpaired) electrons. The van der Waals surface area contributed by atoms with Gasteiger partial charge >= 0.3 is 5.97 Å². The maximum atomic E-state index is 12.8. The van der Waals surface area contributed by atoms with E-state index in [1.165, 1.54) is 6.07 Å². The smallest absolute Gasteiger partial charge is 0.336 e. The van der Waals surface area contributed by atoms with Gasteiger partial charge in [-0.3, -0.25) is 0 Å². The lowest BCUT2D eigenvalue weighted by molar-refractivity contribution is -0.139. The molecule has 92 valence electrons. The minimum absolute atomic E-state index is 0.0305. The molecule has 0 saturated heterocycles. The summed E-state index contributed by atoms with van der Waals surface area (Å²) in [6.45, 7) is 5.26. The molecule has 0 aromatic heterocycles. The first-order chi connectivity index (χ1) is 7.97. The fourth-order valence-corrected chi connectivity index (χ4v) is 1.52. The first kappa shape index (κ1) is 13.7. The molecule has 0 bridgehead atoms. The number of benzene rings is 1. The number of aliphatic hydroxyl groups is 1. The highest BCUT2D eigenvalue weighted by Gasteiger charge is 2.21. The van der Waals surface area contributed by atoms with Crippen molar-refractivity contribution in [1.29, 1.82) is 0 Å². The molecule has 0 aliphatic rings. The van der Waals surface area contributed by atoms with Crippen LogP contribution in [0.3, 0.4) is 0 Å². The number of halogens is 2. The van der Waals surface area contributed by atoms with Crippen molar-refractivity contribution in [2.45, 2.75) is 13.0 Å². The van der Waals surface area contributed by atoms with Gasteiger partial charge in [-0.2, -0.15) is 0 Å². The average Bonchev–Trinajstić information content (AvgIpc) is 2.27. The van der Waals surface area contributed by atoms with E-state index in [-0.39, 0.29) is 22.8 Å². The summed E-state index contributed by atoms with van der Waals surface area (Å²) in [5.74, 6) is -1.23. The molecule has 0 fully saturated rings. The van der Waals surface area contributed by atoms with Crippen molar-refractivity contribution in [2.75, 3.05) is 6.61 Å². The van der Waals surface area contributed by atoms with E-state index in [1.807, 2.05) is 0 Å². The second kappa shape index (κ2) is 5.80. The van der Waals surface area contributed by atoms with Crippen LogP contribution in [0.2, 0.25) is 5.02 Å². The zero-order valence-electron chi connectivity index (χ0n) is 9.24. The molecule has 5 heteroatoms. The molecule has 1 rings (SSSR count). The van der Waals surface area contributed by atoms with Gasteiger partial charge < -0.3 is 9.84 Å². The Morgan fingerprint density at radius 2 is 2.29 bits per heavy atom. The normalized spacial score (nSPS) is 12.0. The molecule has 1 N–H and O–H groups in total. The second-order valence-corrected chi connectivity index (χ2v) is 3.72. The van der Waals surface area contributed by atoms with Crippen molar-refractivity contribution in [1.82, 2.24) is 0 Å². The topological polar surface area (TPSA) is 46.5 Å². The highest BCUT2D eigenvalue weighted by atomic mass is 35.5. The van der Waals surface area contributed by atoms with Gasteiger partial charge in [0.25, 0.3) is 0 Å². The van der Waals surface area contributed by atoms with E-state index in [0.29, 0.717) is 0 Å². The molecule has 17 heavy (non-hydrogen) atoms. The zero-order valence-corrected chi connectivity index (χ0v) is 10.00. The Morgan fingerprint density at radius 1 is 1.65 bits per heavy atom. The highest BCUT2D eigenvalue weighted by molar-refractivity contribution is 6.31. The third-order valence-corrected chi connectivity index (χ3v) is 2.45. The van der Waals surface area contributed by atoms with Crippen molar-refractivity contribution >= 4 is 17.6 Å². The molecule has 0 aliphatic heterocycles. The molecule has 0 saturated carbocycles. The lowest BCUT2D eigenvalue weighted by Gasteiger charge is -2.14. The van der Waals surface area contributed by atoms with Crippen molar-refractivity contribution in [3.8, 4) is 0 Å². The molecule has 1 unspecified atom stereocenters. The van der Waals surface area contributed by atoms with E-state index in [2.05, 4.69) is 6.58 Å². The molecule has 0 spiro atoms. The third-order valence-electron chi connectivity index (χ3n) is 2.12. The van der Waals surface area contributed by atoms with E-state index in [4.69, 9.17) is 16.3 Å². The van der Waals surface area contributed by atoms with Crippen molar-refractivity contribution in [3.05, 3.63) is 46.8 Å². The minimum Gasteiger partial charge on any atom is -0.463 e. The van der Waals surface area contributed by atoms with Gasteiger partial charge in [0.2, 0.25) is 0 Å². The van der Waals surface area contributed by atoms with Crippen molar-refractivity contribution in [3.63, 3.8) is 0 Å². The van der Waals surface area contributed by atoms with Crippen LogP contribution in [0.25, 0.3) is 0 Å². The summed E-state index contributed by atoms with van der Waals surface area (Å²) in [6.07, 6.45) is -1.30. The van der Waals surface area contributed by atoms with Crippen LogP contribution in [0.15, 0.2) is 30.4 Å². The molecule has 1 atom stereocenters. The highest BCUT2D eigenvalue weighted by Crippen LogP contribution is 2.28. The van der Waals surface area contributed by atoms with Crippen LogP contribution >= 0.6 is 11.6 Å². The van der Waals surface area contributed by atoms with Gasteiger partial charge in [-0.05, 0) is 19.1 Å². The Kier molecular flexibility index (Phi) is 4.66. The molecular weight excluding hydrogens is 247 g/mol. The van der Waals surface area contributed by atoms with E-state index in [9.17, 15) is 14.3 Å². The molecular formula is C12H12ClFO3. The number of hydrogen-bond acceptors (Lipinski definition) is 3. The summed E-state index contributed by atoms with van der Waals surface area (Å²) in [6, 6.07) is 3.49. The lowest BCUT2D eigenvalue weighted by atomic mass is 10.0. The van der Waals surface area contributed by atoms with Gasteiger partial charge in [-0.1, -0.05) is 24.2 Å². The summed E-state index contributed by atoms with van der Waals surface area (Å²) < 4.78 is 17.5. The monoisotopic (exact) mass is 258 g/mol. The van der Waals surface area contributed by atoms with Crippen molar-refractivity contribution < 1.29 is 19.0 Å². The maximum Gasteiger partial charge on any atom is 0.336 e. The Bertz CT molecular complexity index is 445. The van der Waals surface area contributed by atoms with Crippen LogP contribution in [0, 0.1) is 5.82 Å². The number of hydrogen-bond donors (Lipinski definition) is 1. The van der Waals surface area contributed by atoms with E-state index < -0.39 is 17.9 Å². The summed E-state index contributed by atoms with van der Waals surface area (Å²) >= 11 is 5.76. The third kappa shape index (κ3) is 3.28. The Labute approximate surface area is 103 Å². The van der Waals surface area contributed by atoms with Crippen LogP contribution in [0.1, 0.15) is 18.6 Å². The van der Waals surface area contributed by atoms with E-state index >= 15 is 0 Å². The summed E-state index contributed by atoms with van der Waals surface area (Å²) in [4.78, 5) is 11.3. The largest absolute Gasteiger partial charge is 0.463 e. The van der Waals surface area contributed by atoms with Crippen LogP contribution in [-0.2, 0) is 9.53 Å². The number of esters is 1. The fraction of sp³-hybridized carbons (Fsp3) is 0.250. The summed E-state index contributed by atoms with van der Waals surface area (Å²) in [5.41, 5.74) is 0.0754. The van der Waals surface area contributed by atoms with Gasteiger partial charge in [-0.25, -0.2) is 9.18 Å². The minimum atomic E-state index is -1.30. The molecule has 3 nitrogen and oxygen atoms in total. The molecule has 0 heterocycles. The summed E-state index contributed by atoms with van der Waals surface area (Å²) in [5, 5.41) is 9.88. The van der Waals surface area contributed by atoms with Gasteiger partial charge in [0.1, 0.15) is 11.9 Å².